The van der Waals surface area contributed by atoms with Crippen LogP contribution in [-0.2, 0) is 14.3 Å². The summed E-state index contributed by atoms with van der Waals surface area (Å²) >= 11 is 3.62. The predicted octanol–water partition coefficient (Wildman–Crippen LogP) is -0.0659. The largest absolute Gasteiger partial charge is 0.481 e. The molecule has 0 fully saturated rings. The molecule has 0 aromatic heterocycles. The monoisotopic (exact) mass is 164 g/mol. The smallest absolute Gasteiger partial charge is 0.315 e. The first-order valence-corrected chi connectivity index (χ1v) is 3.28. The van der Waals surface area contributed by atoms with Crippen molar-refractivity contribution in [2.45, 2.75) is 6.42 Å². The molecule has 58 valence electrons. The first kappa shape index (κ1) is 9.29. The maximum atomic E-state index is 10.3. The number of aliphatic carboxylic acids is 1. The Morgan fingerprint density at radius 1 is 1.50 bits per heavy atom. The van der Waals surface area contributed by atoms with Crippen LogP contribution in [0.15, 0.2) is 0 Å². The molecule has 10 heavy (non-hydrogen) atoms. The molecule has 0 spiro atoms. The topological polar surface area (TPSA) is 63.6 Å². The molecule has 0 aliphatic rings. The summed E-state index contributed by atoms with van der Waals surface area (Å²) in [5, 5.41) is 8.09. The van der Waals surface area contributed by atoms with Crippen molar-refractivity contribution in [1.29, 1.82) is 0 Å². The van der Waals surface area contributed by atoms with Gasteiger partial charge in [0.1, 0.15) is 6.61 Å². The van der Waals surface area contributed by atoms with Crippen LogP contribution in [-0.4, -0.2) is 29.4 Å². The molecule has 5 heteroatoms. The van der Waals surface area contributed by atoms with Crippen LogP contribution in [0.1, 0.15) is 6.42 Å². The summed E-state index contributed by atoms with van der Waals surface area (Å²) in [6.07, 6.45) is -0.153. The van der Waals surface area contributed by atoms with Gasteiger partial charge in [-0.2, -0.15) is 12.6 Å². The molecule has 0 aromatic rings. The van der Waals surface area contributed by atoms with Crippen LogP contribution in [0.5, 0.6) is 0 Å². The van der Waals surface area contributed by atoms with Crippen molar-refractivity contribution in [2.24, 2.45) is 0 Å². The van der Waals surface area contributed by atoms with Gasteiger partial charge < -0.3 is 9.84 Å². The van der Waals surface area contributed by atoms with E-state index in [1.807, 2.05) is 0 Å². The Bertz CT molecular complexity index is 134. The second kappa shape index (κ2) is 5.10. The Labute approximate surface area is 63.6 Å². The Balaban J connectivity index is 3.20. The fraction of sp³-hybridized carbons (Fsp3) is 0.600. The van der Waals surface area contributed by atoms with E-state index in [4.69, 9.17) is 5.11 Å². The zero-order valence-electron chi connectivity index (χ0n) is 5.24. The van der Waals surface area contributed by atoms with Gasteiger partial charge in [0.2, 0.25) is 0 Å². The molecule has 4 nitrogen and oxygen atoms in total. The van der Waals surface area contributed by atoms with Gasteiger partial charge in [0, 0.05) is 0 Å². The highest BCUT2D eigenvalue weighted by molar-refractivity contribution is 7.81. The molecule has 0 unspecified atom stereocenters. The molecule has 0 rings (SSSR count). The van der Waals surface area contributed by atoms with E-state index in [-0.39, 0.29) is 18.8 Å². The third kappa shape index (κ3) is 5.43. The van der Waals surface area contributed by atoms with E-state index in [9.17, 15) is 9.59 Å². The maximum absolute atomic E-state index is 10.3. The number of carbonyl (C=O) groups is 2. The van der Waals surface area contributed by atoms with E-state index in [2.05, 4.69) is 17.4 Å². The van der Waals surface area contributed by atoms with Crippen molar-refractivity contribution in [2.75, 3.05) is 12.4 Å². The van der Waals surface area contributed by atoms with E-state index in [0.717, 1.165) is 0 Å². The van der Waals surface area contributed by atoms with Gasteiger partial charge in [-0.1, -0.05) is 0 Å². The van der Waals surface area contributed by atoms with E-state index in [1.54, 1.807) is 0 Å². The van der Waals surface area contributed by atoms with Gasteiger partial charge in [-0.3, -0.25) is 9.59 Å². The SMILES string of the molecule is O=C(O)CCOC(=O)CS. The highest BCUT2D eigenvalue weighted by Crippen LogP contribution is 1.85. The molecule has 0 radical (unpaired) electrons. The number of carbonyl (C=O) groups excluding carboxylic acids is 1. The average molecular weight is 164 g/mol. The van der Waals surface area contributed by atoms with Gasteiger partial charge in [-0.15, -0.1) is 0 Å². The van der Waals surface area contributed by atoms with E-state index < -0.39 is 11.9 Å². The summed E-state index contributed by atoms with van der Waals surface area (Å²) < 4.78 is 4.41. The number of carboxylic acids is 1. The Kier molecular flexibility index (Phi) is 4.74. The molecular weight excluding hydrogens is 156 g/mol. The van der Waals surface area contributed by atoms with Crippen molar-refractivity contribution in [3.05, 3.63) is 0 Å². The summed E-state index contributed by atoms with van der Waals surface area (Å²) in [5.41, 5.74) is 0. The predicted molar refractivity (Wildman–Crippen MR) is 37.1 cm³/mol. The first-order valence-electron chi connectivity index (χ1n) is 2.65. The Morgan fingerprint density at radius 3 is 2.50 bits per heavy atom. The van der Waals surface area contributed by atoms with Crippen molar-refractivity contribution < 1.29 is 19.4 Å². The minimum absolute atomic E-state index is 0.0143. The third-order valence-electron chi connectivity index (χ3n) is 0.708. The summed E-state index contributed by atoms with van der Waals surface area (Å²) in [6, 6.07) is 0. The van der Waals surface area contributed by atoms with Crippen LogP contribution in [0.25, 0.3) is 0 Å². The van der Waals surface area contributed by atoms with Crippen molar-refractivity contribution in [1.82, 2.24) is 0 Å². The Hall–Kier alpha value is -0.710. The van der Waals surface area contributed by atoms with Gasteiger partial charge in [0.15, 0.2) is 0 Å². The van der Waals surface area contributed by atoms with Crippen molar-refractivity contribution in [3.63, 3.8) is 0 Å². The van der Waals surface area contributed by atoms with Crippen LogP contribution in [0.4, 0.5) is 0 Å². The van der Waals surface area contributed by atoms with Gasteiger partial charge in [-0.05, 0) is 0 Å². The summed E-state index contributed by atoms with van der Waals surface area (Å²) in [6.45, 7) is -0.0747. The molecule has 0 atom stereocenters. The van der Waals surface area contributed by atoms with E-state index in [1.165, 1.54) is 0 Å². The van der Waals surface area contributed by atoms with Gasteiger partial charge in [0.25, 0.3) is 0 Å². The lowest BCUT2D eigenvalue weighted by Crippen LogP contribution is -2.09. The van der Waals surface area contributed by atoms with Gasteiger partial charge >= 0.3 is 11.9 Å². The quantitative estimate of drug-likeness (QED) is 0.451. The van der Waals surface area contributed by atoms with Gasteiger partial charge in [0.05, 0.1) is 12.2 Å². The number of hydrogen-bond donors (Lipinski definition) is 2. The minimum Gasteiger partial charge on any atom is -0.481 e. The van der Waals surface area contributed by atoms with Crippen LogP contribution in [0.3, 0.4) is 0 Å². The lowest BCUT2D eigenvalue weighted by atomic mass is 10.5. The lowest BCUT2D eigenvalue weighted by molar-refractivity contribution is -0.144. The highest BCUT2D eigenvalue weighted by atomic mass is 32.1. The van der Waals surface area contributed by atoms with E-state index in [0.29, 0.717) is 0 Å². The molecule has 0 bridgehead atoms. The minimum atomic E-state index is -0.980. The molecule has 0 saturated heterocycles. The van der Waals surface area contributed by atoms with E-state index >= 15 is 0 Å². The van der Waals surface area contributed by atoms with Crippen molar-refractivity contribution in [3.8, 4) is 0 Å². The molecule has 1 N–H and O–H groups in total. The van der Waals surface area contributed by atoms with Crippen LogP contribution < -0.4 is 0 Å². The lowest BCUT2D eigenvalue weighted by Gasteiger charge is -1.97. The fourth-order valence-corrected chi connectivity index (χ4v) is 0.389. The molecular formula is C5H8O4S. The summed E-state index contributed by atoms with van der Waals surface area (Å²) in [7, 11) is 0. The molecule has 0 aromatic carbocycles. The third-order valence-corrected chi connectivity index (χ3v) is 0.966. The Morgan fingerprint density at radius 2 is 2.10 bits per heavy atom. The van der Waals surface area contributed by atoms with Crippen LogP contribution >= 0.6 is 12.6 Å². The summed E-state index contributed by atoms with van der Waals surface area (Å²) in [5.74, 6) is -1.49. The number of rotatable bonds is 4. The average Bonchev–Trinajstić information content (AvgIpc) is 1.87. The number of carboxylic acid groups (broad SMARTS) is 1. The zero-order chi connectivity index (χ0) is 7.98. The second-order valence-electron chi connectivity index (χ2n) is 1.52. The number of ether oxygens (including phenoxy) is 1. The fourth-order valence-electron chi connectivity index (χ4n) is 0.298. The van der Waals surface area contributed by atoms with Gasteiger partial charge in [-0.25, -0.2) is 0 Å². The van der Waals surface area contributed by atoms with Crippen LogP contribution in [0.2, 0.25) is 0 Å². The van der Waals surface area contributed by atoms with Crippen molar-refractivity contribution >= 4 is 24.6 Å². The molecule has 0 saturated carbocycles. The number of thiol groups is 1. The zero-order valence-corrected chi connectivity index (χ0v) is 6.13. The second-order valence-corrected chi connectivity index (χ2v) is 1.84. The molecule has 0 amide bonds. The normalized spacial score (nSPS) is 8.90. The number of esters is 1. The summed E-state index contributed by atoms with van der Waals surface area (Å²) in [4.78, 5) is 20.2. The standard InChI is InChI=1S/C5H8O4S/c6-4(7)1-2-9-5(8)3-10/h10H,1-3H2,(H,6,7). The molecule has 0 aliphatic carbocycles. The first-order chi connectivity index (χ1) is 4.66. The molecule has 0 aliphatic heterocycles. The van der Waals surface area contributed by atoms with Crippen LogP contribution in [0, 0.1) is 0 Å². The maximum Gasteiger partial charge on any atom is 0.315 e. The highest BCUT2D eigenvalue weighted by Gasteiger charge is 2.00. The number of hydrogen-bond acceptors (Lipinski definition) is 4. The molecule has 0 heterocycles.